The predicted molar refractivity (Wildman–Crippen MR) is 145 cm³/mol. The number of benzene rings is 2. The number of nitrogens with zero attached hydrogens (tertiary/aromatic N) is 4. The maximum Gasteiger partial charge on any atom is 0.400 e. The van der Waals surface area contributed by atoms with Crippen molar-refractivity contribution in [3.8, 4) is 27.6 Å². The highest BCUT2D eigenvalue weighted by Crippen LogP contribution is 2.60. The van der Waals surface area contributed by atoms with Gasteiger partial charge >= 0.3 is 6.18 Å². The van der Waals surface area contributed by atoms with Crippen LogP contribution in [-0.4, -0.2) is 38.1 Å². The molecule has 2 aliphatic carbocycles. The lowest BCUT2D eigenvalue weighted by Gasteiger charge is -2.26. The lowest BCUT2D eigenvalue weighted by atomic mass is 9.92. The van der Waals surface area contributed by atoms with Gasteiger partial charge in [0.1, 0.15) is 16.1 Å². The number of rotatable bonds is 6. The largest absolute Gasteiger partial charge is 0.400 e. The second-order valence-corrected chi connectivity index (χ2v) is 11.9. The highest BCUT2D eigenvalue weighted by atomic mass is 35.5. The molecule has 1 N–H and O–H groups in total. The van der Waals surface area contributed by atoms with E-state index < -0.39 is 17.5 Å². The van der Waals surface area contributed by atoms with Crippen LogP contribution in [0.2, 0.25) is 15.1 Å². The molecule has 6 nitrogen and oxygen atoms in total. The lowest BCUT2D eigenvalue weighted by Crippen LogP contribution is -2.39. The van der Waals surface area contributed by atoms with Gasteiger partial charge in [0.2, 0.25) is 0 Å². The molecule has 4 aromatic rings. The number of carbonyl (C=O) groups excluding carboxylic acids is 1. The summed E-state index contributed by atoms with van der Waals surface area (Å²) in [4.78, 5) is 13.8. The fourth-order valence-corrected chi connectivity index (χ4v) is 6.27. The summed E-state index contributed by atoms with van der Waals surface area (Å²) in [5.74, 6) is -0.412. The molecule has 2 heterocycles. The molecule has 39 heavy (non-hydrogen) atoms. The summed E-state index contributed by atoms with van der Waals surface area (Å²) in [5, 5.41) is 16.9. The molecular formula is C26H19Cl3F3N5OS. The molecule has 0 radical (unpaired) electrons. The van der Waals surface area contributed by atoms with Crippen LogP contribution in [0.4, 0.5) is 13.2 Å². The van der Waals surface area contributed by atoms with Gasteiger partial charge in [0.05, 0.1) is 22.0 Å². The number of hydrogen-bond donors (Lipinski definition) is 1. The molecule has 0 atom stereocenters. The van der Waals surface area contributed by atoms with Crippen LogP contribution in [0, 0.1) is 0 Å². The molecule has 13 heteroatoms. The van der Waals surface area contributed by atoms with Crippen molar-refractivity contribution >= 4 is 52.0 Å². The highest BCUT2D eigenvalue weighted by Gasteiger charge is 2.66. The topological polar surface area (TPSA) is 72.7 Å². The van der Waals surface area contributed by atoms with Gasteiger partial charge in [0.15, 0.2) is 5.01 Å². The zero-order valence-electron chi connectivity index (χ0n) is 20.0. The number of amides is 1. The van der Waals surface area contributed by atoms with E-state index in [1.807, 2.05) is 0 Å². The van der Waals surface area contributed by atoms with E-state index in [2.05, 4.69) is 15.5 Å². The van der Waals surface area contributed by atoms with Crippen molar-refractivity contribution < 1.29 is 18.0 Å². The summed E-state index contributed by atoms with van der Waals surface area (Å²) in [6.45, 7) is 0. The van der Waals surface area contributed by atoms with Crippen molar-refractivity contribution in [3.63, 3.8) is 0 Å². The Morgan fingerprint density at radius 3 is 2.31 bits per heavy atom. The number of alkyl halides is 3. The Kier molecular flexibility index (Phi) is 6.65. The number of halogens is 6. The second-order valence-electron chi connectivity index (χ2n) is 9.68. The van der Waals surface area contributed by atoms with E-state index in [4.69, 9.17) is 39.9 Å². The molecule has 2 saturated carbocycles. The van der Waals surface area contributed by atoms with Crippen LogP contribution in [0.25, 0.3) is 27.6 Å². The van der Waals surface area contributed by atoms with Gasteiger partial charge in [-0.3, -0.25) is 4.79 Å². The van der Waals surface area contributed by atoms with E-state index in [9.17, 15) is 18.0 Å². The molecule has 2 aromatic carbocycles. The Bertz CT molecular complexity index is 1580. The van der Waals surface area contributed by atoms with Crippen LogP contribution < -0.4 is 5.32 Å². The molecule has 2 fully saturated rings. The molecular weight excluding hydrogens is 594 g/mol. The lowest BCUT2D eigenvalue weighted by molar-refractivity contribution is -0.160. The Balaban J connectivity index is 1.58. The quantitative estimate of drug-likeness (QED) is 0.240. The van der Waals surface area contributed by atoms with Crippen molar-refractivity contribution in [2.45, 2.75) is 49.7 Å². The van der Waals surface area contributed by atoms with Crippen molar-refractivity contribution in [3.05, 3.63) is 68.1 Å². The first-order chi connectivity index (χ1) is 18.6. The summed E-state index contributed by atoms with van der Waals surface area (Å²) >= 11 is 19.6. The van der Waals surface area contributed by atoms with Crippen molar-refractivity contribution in [1.29, 1.82) is 0 Å². The Labute approximate surface area is 240 Å². The second kappa shape index (κ2) is 9.76. The number of nitrogens with one attached hydrogen (secondary N) is 1. The first-order valence-corrected chi connectivity index (χ1v) is 14.1. The zero-order valence-corrected chi connectivity index (χ0v) is 23.1. The van der Waals surface area contributed by atoms with Crippen molar-refractivity contribution in [1.82, 2.24) is 25.3 Å². The summed E-state index contributed by atoms with van der Waals surface area (Å²) < 4.78 is 43.0. The van der Waals surface area contributed by atoms with Gasteiger partial charge in [0.25, 0.3) is 5.91 Å². The molecule has 2 aliphatic rings. The van der Waals surface area contributed by atoms with Gasteiger partial charge in [-0.05, 0) is 62.4 Å². The van der Waals surface area contributed by atoms with Gasteiger partial charge in [-0.1, -0.05) is 58.3 Å². The third-order valence-corrected chi connectivity index (χ3v) is 9.06. The average Bonchev–Trinajstić information content (AvgIpc) is 3.38. The maximum atomic E-state index is 13.8. The molecule has 0 spiro atoms. The van der Waals surface area contributed by atoms with Crippen LogP contribution in [0.1, 0.15) is 47.5 Å². The third kappa shape index (κ3) is 4.71. The summed E-state index contributed by atoms with van der Waals surface area (Å²) in [5.41, 5.74) is -0.316. The molecule has 1 amide bonds. The minimum atomic E-state index is -4.45. The molecule has 0 aliphatic heterocycles. The number of carbonyl (C=O) groups is 1. The monoisotopic (exact) mass is 611 g/mol. The molecule has 0 saturated heterocycles. The Morgan fingerprint density at radius 1 is 1.03 bits per heavy atom. The fourth-order valence-electron chi connectivity index (χ4n) is 4.55. The van der Waals surface area contributed by atoms with Crippen molar-refractivity contribution in [2.75, 3.05) is 0 Å². The first-order valence-electron chi connectivity index (χ1n) is 12.1. The zero-order chi connectivity index (χ0) is 27.5. The molecule has 0 unspecified atom stereocenters. The average molecular weight is 613 g/mol. The SMILES string of the molecule is O=C(NC1CCC1)c1c(-c2nnc(C3(C(F)(F)F)CC3)s2)nn(-c2ccc(Cl)cc2Cl)c1-c1ccc(Cl)cc1. The molecule has 0 bridgehead atoms. The van der Waals surface area contributed by atoms with E-state index in [-0.39, 0.29) is 45.2 Å². The summed E-state index contributed by atoms with van der Waals surface area (Å²) in [6, 6.07) is 11.6. The Hall–Kier alpha value is -2.66. The van der Waals surface area contributed by atoms with E-state index in [1.54, 1.807) is 42.5 Å². The molecule has 6 rings (SSSR count). The minimum absolute atomic E-state index is 0.00386. The van der Waals surface area contributed by atoms with E-state index in [0.717, 1.165) is 30.6 Å². The van der Waals surface area contributed by atoms with Gasteiger partial charge in [0, 0.05) is 21.7 Å². The van der Waals surface area contributed by atoms with Crippen LogP contribution in [0.5, 0.6) is 0 Å². The third-order valence-electron chi connectivity index (χ3n) is 7.14. The van der Waals surface area contributed by atoms with E-state index in [0.29, 0.717) is 27.0 Å². The smallest absolute Gasteiger partial charge is 0.349 e. The normalized spacial score (nSPS) is 16.7. The van der Waals surface area contributed by atoms with Gasteiger partial charge in [-0.25, -0.2) is 4.68 Å². The molecule has 202 valence electrons. The Morgan fingerprint density at radius 2 is 1.72 bits per heavy atom. The van der Waals surface area contributed by atoms with Crippen LogP contribution in [0.15, 0.2) is 42.5 Å². The van der Waals surface area contributed by atoms with E-state index >= 15 is 0 Å². The molecule has 2 aromatic heterocycles. The van der Waals surface area contributed by atoms with Gasteiger partial charge < -0.3 is 5.32 Å². The fraction of sp³-hybridized carbons (Fsp3) is 0.308. The van der Waals surface area contributed by atoms with E-state index in [1.165, 1.54) is 4.68 Å². The summed E-state index contributed by atoms with van der Waals surface area (Å²) in [7, 11) is 0. The maximum absolute atomic E-state index is 13.8. The minimum Gasteiger partial charge on any atom is -0.349 e. The first kappa shape index (κ1) is 26.6. The van der Waals surface area contributed by atoms with Gasteiger partial charge in [-0.15, -0.1) is 10.2 Å². The van der Waals surface area contributed by atoms with Crippen LogP contribution >= 0.6 is 46.1 Å². The predicted octanol–water partition coefficient (Wildman–Crippen LogP) is 7.89. The standard InChI is InChI=1S/C26H19Cl3F3N5OS/c27-14-6-4-13(5-7-14)21-19(22(38)33-16-2-1-3-16)20(36-37(21)18-9-8-15(28)12-17(18)29)23-34-35-24(39-23)25(10-11-25)26(30,31)32/h4-9,12,16H,1-3,10-11H2,(H,33,38). The highest BCUT2D eigenvalue weighted by molar-refractivity contribution is 7.14. The summed E-state index contributed by atoms with van der Waals surface area (Å²) in [6.07, 6.45) is -1.87. The van der Waals surface area contributed by atoms with Gasteiger partial charge in [-0.2, -0.15) is 18.3 Å². The number of aromatic nitrogens is 4. The van der Waals surface area contributed by atoms with Crippen LogP contribution in [-0.2, 0) is 5.41 Å². The number of hydrogen-bond acceptors (Lipinski definition) is 5. The van der Waals surface area contributed by atoms with Crippen LogP contribution in [0.3, 0.4) is 0 Å². The van der Waals surface area contributed by atoms with Crippen molar-refractivity contribution in [2.24, 2.45) is 0 Å².